The smallest absolute Gasteiger partial charge is 0.370 e. The van der Waals surface area contributed by atoms with Gasteiger partial charge >= 0.3 is 6.18 Å². The Morgan fingerprint density at radius 3 is 2.90 bits per heavy atom. The summed E-state index contributed by atoms with van der Waals surface area (Å²) in [7, 11) is 0. The molecule has 1 heterocycles. The first-order chi connectivity index (χ1) is 9.44. The molecule has 4 nitrogen and oxygen atoms in total. The fourth-order valence-corrected chi connectivity index (χ4v) is 2.00. The second-order valence-corrected chi connectivity index (χ2v) is 4.51. The Balaban J connectivity index is 2.38. The highest BCUT2D eigenvalue weighted by molar-refractivity contribution is 7.12. The summed E-state index contributed by atoms with van der Waals surface area (Å²) in [5.74, 6) is 4.99. The van der Waals surface area contributed by atoms with Gasteiger partial charge in [-0.3, -0.25) is 4.79 Å². The molecule has 0 unspecified atom stereocenters. The summed E-state index contributed by atoms with van der Waals surface area (Å²) in [6.45, 7) is -1.35. The van der Waals surface area contributed by atoms with Crippen molar-refractivity contribution >= 4 is 17.2 Å². The van der Waals surface area contributed by atoms with Crippen molar-refractivity contribution in [2.75, 3.05) is 26.3 Å². The highest BCUT2D eigenvalue weighted by Crippen LogP contribution is 2.16. The van der Waals surface area contributed by atoms with Crippen LogP contribution in [0.5, 0.6) is 0 Å². The van der Waals surface area contributed by atoms with Crippen molar-refractivity contribution in [1.29, 1.82) is 0 Å². The van der Waals surface area contributed by atoms with Crippen molar-refractivity contribution in [3.8, 4) is 11.8 Å². The van der Waals surface area contributed by atoms with E-state index in [0.717, 1.165) is 0 Å². The van der Waals surface area contributed by atoms with Crippen molar-refractivity contribution in [3.63, 3.8) is 0 Å². The second-order valence-electron chi connectivity index (χ2n) is 3.59. The van der Waals surface area contributed by atoms with Gasteiger partial charge in [-0.15, -0.1) is 11.3 Å². The fourth-order valence-electron chi connectivity index (χ4n) is 1.23. The van der Waals surface area contributed by atoms with E-state index in [4.69, 9.17) is 5.73 Å². The second kappa shape index (κ2) is 7.89. The Kier molecular flexibility index (Phi) is 6.51. The van der Waals surface area contributed by atoms with Crippen molar-refractivity contribution < 1.29 is 22.7 Å². The molecule has 0 aliphatic rings. The minimum absolute atomic E-state index is 0.00340. The standard InChI is InChI=1S/C12H13F3N2O2S/c13-12(14,15)8-19-6-5-17-11(18)10-9(2-1-4-16)3-7-20-10/h3,7H,4-6,8,16H2,(H,17,18). The van der Waals surface area contributed by atoms with Gasteiger partial charge in [0.15, 0.2) is 0 Å². The van der Waals surface area contributed by atoms with E-state index in [0.29, 0.717) is 10.4 Å². The Bertz CT molecular complexity index is 503. The maximum atomic E-state index is 11.8. The monoisotopic (exact) mass is 306 g/mol. The average Bonchev–Trinajstić information content (AvgIpc) is 2.82. The maximum Gasteiger partial charge on any atom is 0.411 e. The van der Waals surface area contributed by atoms with Crippen molar-refractivity contribution in [2.24, 2.45) is 5.73 Å². The summed E-state index contributed by atoms with van der Waals surface area (Å²) in [4.78, 5) is 12.2. The van der Waals surface area contributed by atoms with Crippen LogP contribution in [0, 0.1) is 11.8 Å². The molecule has 8 heteroatoms. The lowest BCUT2D eigenvalue weighted by atomic mass is 10.2. The highest BCUT2D eigenvalue weighted by Gasteiger charge is 2.27. The molecule has 1 amide bonds. The van der Waals surface area contributed by atoms with E-state index in [-0.39, 0.29) is 19.7 Å². The van der Waals surface area contributed by atoms with Crippen LogP contribution in [0.3, 0.4) is 0 Å². The molecule has 0 atom stereocenters. The maximum absolute atomic E-state index is 11.8. The van der Waals surface area contributed by atoms with Crippen molar-refractivity contribution in [2.45, 2.75) is 6.18 Å². The van der Waals surface area contributed by atoms with Crippen LogP contribution in [-0.2, 0) is 4.74 Å². The molecule has 1 aromatic heterocycles. The highest BCUT2D eigenvalue weighted by atomic mass is 32.1. The molecule has 0 aliphatic heterocycles. The summed E-state index contributed by atoms with van der Waals surface area (Å²) in [5.41, 5.74) is 5.79. The van der Waals surface area contributed by atoms with Crippen LogP contribution >= 0.6 is 11.3 Å². The minimum Gasteiger partial charge on any atom is -0.370 e. The molecule has 3 N–H and O–H groups in total. The molecule has 0 radical (unpaired) electrons. The summed E-state index contributed by atoms with van der Waals surface area (Å²) in [6, 6.07) is 1.68. The number of carbonyl (C=O) groups excluding carboxylic acids is 1. The van der Waals surface area contributed by atoms with Crippen molar-refractivity contribution in [1.82, 2.24) is 5.32 Å². The Labute approximate surface area is 118 Å². The third-order valence-electron chi connectivity index (χ3n) is 1.99. The molecule has 0 fully saturated rings. The molecule has 0 aliphatic carbocycles. The molecule has 20 heavy (non-hydrogen) atoms. The molecule has 0 saturated carbocycles. The first-order valence-corrected chi connectivity index (χ1v) is 6.51. The lowest BCUT2D eigenvalue weighted by molar-refractivity contribution is -0.173. The number of nitrogens with one attached hydrogen (secondary N) is 1. The summed E-state index contributed by atoms with van der Waals surface area (Å²) in [5, 5.41) is 4.17. The van der Waals surface area contributed by atoms with Crippen LogP contribution in [0.1, 0.15) is 15.2 Å². The van der Waals surface area contributed by atoms with Crippen LogP contribution in [0.25, 0.3) is 0 Å². The zero-order valence-corrected chi connectivity index (χ0v) is 11.2. The molecule has 0 saturated heterocycles. The quantitative estimate of drug-likeness (QED) is 0.638. The van der Waals surface area contributed by atoms with E-state index in [1.165, 1.54) is 11.3 Å². The van der Waals surface area contributed by atoms with E-state index in [9.17, 15) is 18.0 Å². The van der Waals surface area contributed by atoms with Crippen LogP contribution in [0.2, 0.25) is 0 Å². The lowest BCUT2D eigenvalue weighted by Gasteiger charge is -2.08. The first kappa shape index (κ1) is 16.5. The third kappa shape index (κ3) is 6.06. The molecule has 0 spiro atoms. The summed E-state index contributed by atoms with van der Waals surface area (Å²) >= 11 is 1.20. The largest absolute Gasteiger partial charge is 0.411 e. The van der Waals surface area contributed by atoms with Crippen LogP contribution < -0.4 is 11.1 Å². The van der Waals surface area contributed by atoms with Crippen LogP contribution in [-0.4, -0.2) is 38.4 Å². The summed E-state index contributed by atoms with van der Waals surface area (Å²) < 4.78 is 39.8. The number of amides is 1. The molecular formula is C12H13F3N2O2S. The van der Waals surface area contributed by atoms with E-state index in [1.54, 1.807) is 11.4 Å². The average molecular weight is 306 g/mol. The lowest BCUT2D eigenvalue weighted by Crippen LogP contribution is -2.28. The third-order valence-corrected chi connectivity index (χ3v) is 2.91. The van der Waals surface area contributed by atoms with E-state index in [1.807, 2.05) is 0 Å². The molecule has 0 aromatic carbocycles. The van der Waals surface area contributed by atoms with Gasteiger partial charge in [0.05, 0.1) is 13.2 Å². The SMILES string of the molecule is NCC#Cc1ccsc1C(=O)NCCOCC(F)(F)F. The van der Waals surface area contributed by atoms with Gasteiger partial charge in [-0.25, -0.2) is 0 Å². The predicted octanol–water partition coefficient (Wildman–Crippen LogP) is 1.37. The van der Waals surface area contributed by atoms with Gasteiger partial charge in [-0.05, 0) is 11.4 Å². The molecule has 110 valence electrons. The van der Waals surface area contributed by atoms with E-state index < -0.39 is 18.7 Å². The topological polar surface area (TPSA) is 64.4 Å². The first-order valence-electron chi connectivity index (χ1n) is 5.63. The van der Waals surface area contributed by atoms with Gasteiger partial charge in [0, 0.05) is 12.1 Å². The van der Waals surface area contributed by atoms with Crippen LogP contribution in [0.4, 0.5) is 13.2 Å². The number of ether oxygens (including phenoxy) is 1. The molecule has 0 bridgehead atoms. The van der Waals surface area contributed by atoms with Gasteiger partial charge in [0.1, 0.15) is 11.5 Å². The number of carbonyl (C=O) groups is 1. The number of halogens is 3. The van der Waals surface area contributed by atoms with Gasteiger partial charge in [0.25, 0.3) is 5.91 Å². The minimum atomic E-state index is -4.36. The fraction of sp³-hybridized carbons (Fsp3) is 0.417. The van der Waals surface area contributed by atoms with E-state index >= 15 is 0 Å². The van der Waals surface area contributed by atoms with Gasteiger partial charge in [-0.2, -0.15) is 13.2 Å². The molecule has 1 rings (SSSR count). The Hall–Kier alpha value is -1.56. The normalized spacial score (nSPS) is 10.8. The molecular weight excluding hydrogens is 293 g/mol. The number of nitrogens with two attached hydrogens (primary N) is 1. The number of hydrogen-bond donors (Lipinski definition) is 2. The van der Waals surface area contributed by atoms with Crippen LogP contribution in [0.15, 0.2) is 11.4 Å². The van der Waals surface area contributed by atoms with Gasteiger partial charge < -0.3 is 15.8 Å². The van der Waals surface area contributed by atoms with Crippen molar-refractivity contribution in [3.05, 3.63) is 21.9 Å². The zero-order chi connectivity index (χ0) is 15.0. The Morgan fingerprint density at radius 1 is 1.50 bits per heavy atom. The van der Waals surface area contributed by atoms with Gasteiger partial charge in [-0.1, -0.05) is 11.8 Å². The number of hydrogen-bond acceptors (Lipinski definition) is 4. The van der Waals surface area contributed by atoms with E-state index in [2.05, 4.69) is 21.9 Å². The number of alkyl halides is 3. The molecule has 1 aromatic rings. The predicted molar refractivity (Wildman–Crippen MR) is 69.5 cm³/mol. The number of thiophene rings is 1. The Morgan fingerprint density at radius 2 is 2.25 bits per heavy atom. The summed E-state index contributed by atoms with van der Waals surface area (Å²) in [6.07, 6.45) is -4.36. The zero-order valence-electron chi connectivity index (χ0n) is 10.4. The number of rotatable bonds is 5. The van der Waals surface area contributed by atoms with Gasteiger partial charge in [0.2, 0.25) is 0 Å².